The number of piperazine rings is 1. The normalized spacial score (nSPS) is 15.7. The molecule has 2 aromatic heterocycles. The SMILES string of the molecule is Cn1cnnc1SCC(=O)N1CCN(c2nnc(C(F)(F)F)s2)CC1. The summed E-state index contributed by atoms with van der Waals surface area (Å²) in [5.74, 6) is 0.199. The van der Waals surface area contributed by atoms with E-state index >= 15 is 0 Å². The van der Waals surface area contributed by atoms with Crippen LogP contribution in [0.3, 0.4) is 0 Å². The fraction of sp³-hybridized carbons (Fsp3) is 0.583. The maximum Gasteiger partial charge on any atom is 0.445 e. The molecule has 0 N–H and O–H groups in total. The summed E-state index contributed by atoms with van der Waals surface area (Å²) in [6.07, 6.45) is -2.92. The second-order valence-electron chi connectivity index (χ2n) is 5.27. The van der Waals surface area contributed by atoms with Crippen LogP contribution >= 0.6 is 23.1 Å². The Kier molecular flexibility index (Phi) is 5.13. The quantitative estimate of drug-likeness (QED) is 0.721. The Morgan fingerprint density at radius 1 is 1.24 bits per heavy atom. The average Bonchev–Trinajstić information content (AvgIpc) is 3.21. The average molecular weight is 393 g/mol. The fourth-order valence-electron chi connectivity index (χ4n) is 2.23. The topological polar surface area (TPSA) is 80.0 Å². The predicted octanol–water partition coefficient (Wildman–Crippen LogP) is 1.13. The molecule has 8 nitrogen and oxygen atoms in total. The summed E-state index contributed by atoms with van der Waals surface area (Å²) in [6, 6.07) is 0. The number of nitrogens with zero attached hydrogens (tertiary/aromatic N) is 7. The molecule has 1 aliphatic rings. The van der Waals surface area contributed by atoms with E-state index in [1.165, 1.54) is 11.8 Å². The molecule has 3 rings (SSSR count). The second kappa shape index (κ2) is 7.15. The lowest BCUT2D eigenvalue weighted by atomic mass is 10.3. The van der Waals surface area contributed by atoms with E-state index in [1.54, 1.807) is 27.7 Å². The first-order chi connectivity index (χ1) is 11.8. The molecule has 0 saturated carbocycles. The molecule has 13 heteroatoms. The molecule has 1 aliphatic heterocycles. The highest BCUT2D eigenvalue weighted by atomic mass is 32.2. The molecular formula is C12H14F3N7OS2. The molecule has 136 valence electrons. The van der Waals surface area contributed by atoms with E-state index in [1.807, 2.05) is 0 Å². The Hall–Kier alpha value is -1.89. The van der Waals surface area contributed by atoms with Crippen molar-refractivity contribution in [2.75, 3.05) is 36.8 Å². The van der Waals surface area contributed by atoms with Crippen LogP contribution in [0.2, 0.25) is 0 Å². The van der Waals surface area contributed by atoms with Crippen molar-refractivity contribution in [3.63, 3.8) is 0 Å². The Morgan fingerprint density at radius 2 is 1.96 bits per heavy atom. The van der Waals surface area contributed by atoms with Gasteiger partial charge in [0, 0.05) is 33.2 Å². The second-order valence-corrected chi connectivity index (χ2v) is 7.17. The lowest BCUT2D eigenvalue weighted by Crippen LogP contribution is -2.49. The predicted molar refractivity (Wildman–Crippen MR) is 85.4 cm³/mol. The van der Waals surface area contributed by atoms with Gasteiger partial charge in [-0.3, -0.25) is 4.79 Å². The number of amides is 1. The van der Waals surface area contributed by atoms with Crippen LogP contribution in [0.15, 0.2) is 11.5 Å². The number of carbonyl (C=O) groups excluding carboxylic acids is 1. The standard InChI is InChI=1S/C12H14F3N7OS2/c1-20-7-16-18-10(20)24-6-8(23)21-2-4-22(5-3-21)11-19-17-9(25-11)12(13,14)15/h7H,2-6H2,1H3. The van der Waals surface area contributed by atoms with Gasteiger partial charge in [-0.1, -0.05) is 23.1 Å². The third-order valence-corrected chi connectivity index (χ3v) is 5.60. The van der Waals surface area contributed by atoms with Gasteiger partial charge in [-0.2, -0.15) is 13.2 Å². The van der Waals surface area contributed by atoms with Crippen molar-refractivity contribution in [2.45, 2.75) is 11.3 Å². The third-order valence-electron chi connectivity index (χ3n) is 3.55. The maximum absolute atomic E-state index is 12.6. The zero-order chi connectivity index (χ0) is 18.0. The van der Waals surface area contributed by atoms with E-state index < -0.39 is 11.2 Å². The number of anilines is 1. The zero-order valence-corrected chi connectivity index (χ0v) is 14.7. The van der Waals surface area contributed by atoms with Gasteiger partial charge >= 0.3 is 6.18 Å². The highest BCUT2D eigenvalue weighted by molar-refractivity contribution is 7.99. The lowest BCUT2D eigenvalue weighted by molar-refractivity contribution is -0.138. The molecule has 2 aromatic rings. The number of hydrogen-bond acceptors (Lipinski definition) is 8. The number of hydrogen-bond donors (Lipinski definition) is 0. The number of halogens is 3. The lowest BCUT2D eigenvalue weighted by Gasteiger charge is -2.34. The van der Waals surface area contributed by atoms with Gasteiger partial charge in [-0.05, 0) is 0 Å². The first-order valence-corrected chi connectivity index (χ1v) is 9.05. The van der Waals surface area contributed by atoms with Gasteiger partial charge in [0.2, 0.25) is 16.0 Å². The van der Waals surface area contributed by atoms with E-state index in [0.29, 0.717) is 42.7 Å². The molecule has 0 aliphatic carbocycles. The molecule has 0 unspecified atom stereocenters. The molecule has 0 spiro atoms. The summed E-state index contributed by atoms with van der Waals surface area (Å²) in [5.41, 5.74) is 0. The number of carbonyl (C=O) groups is 1. The molecule has 0 radical (unpaired) electrons. The van der Waals surface area contributed by atoms with Crippen LogP contribution in [0, 0.1) is 0 Å². The van der Waals surface area contributed by atoms with Gasteiger partial charge in [0.25, 0.3) is 0 Å². The summed E-state index contributed by atoms with van der Waals surface area (Å²) in [6.45, 7) is 1.71. The van der Waals surface area contributed by atoms with Crippen LogP contribution in [0.25, 0.3) is 0 Å². The van der Waals surface area contributed by atoms with Gasteiger partial charge in [0.1, 0.15) is 6.33 Å². The maximum atomic E-state index is 12.6. The van der Waals surface area contributed by atoms with E-state index in [4.69, 9.17) is 0 Å². The Balaban J connectivity index is 1.50. The largest absolute Gasteiger partial charge is 0.445 e. The van der Waals surface area contributed by atoms with Gasteiger partial charge < -0.3 is 14.4 Å². The number of rotatable bonds is 4. The number of thioether (sulfide) groups is 1. The van der Waals surface area contributed by atoms with Crippen molar-refractivity contribution < 1.29 is 18.0 Å². The van der Waals surface area contributed by atoms with Gasteiger partial charge in [-0.15, -0.1) is 20.4 Å². The van der Waals surface area contributed by atoms with Crippen LogP contribution in [0.1, 0.15) is 5.01 Å². The molecule has 3 heterocycles. The minimum atomic E-state index is -4.48. The van der Waals surface area contributed by atoms with Crippen molar-refractivity contribution in [2.24, 2.45) is 7.05 Å². The Bertz CT molecular complexity index is 739. The van der Waals surface area contributed by atoms with E-state index in [0.717, 1.165) is 0 Å². The number of aryl methyl sites for hydroxylation is 1. The summed E-state index contributed by atoms with van der Waals surface area (Å²) < 4.78 is 39.5. The first kappa shape index (κ1) is 17.9. The molecule has 1 amide bonds. The van der Waals surface area contributed by atoms with E-state index in [9.17, 15) is 18.0 Å². The first-order valence-electron chi connectivity index (χ1n) is 7.25. The molecule has 1 saturated heterocycles. The van der Waals surface area contributed by atoms with Gasteiger partial charge in [-0.25, -0.2) is 0 Å². The summed E-state index contributed by atoms with van der Waals surface area (Å²) in [4.78, 5) is 15.6. The van der Waals surface area contributed by atoms with Crippen molar-refractivity contribution in [3.8, 4) is 0 Å². The molecule has 0 atom stereocenters. The highest BCUT2D eigenvalue weighted by Crippen LogP contribution is 2.34. The van der Waals surface area contributed by atoms with Crippen molar-refractivity contribution in [1.82, 2.24) is 29.9 Å². The summed E-state index contributed by atoms with van der Waals surface area (Å²) >= 11 is 1.82. The minimum absolute atomic E-state index is 0.0408. The molecule has 0 bridgehead atoms. The molecule has 25 heavy (non-hydrogen) atoms. The van der Waals surface area contributed by atoms with Crippen LogP contribution in [-0.4, -0.2) is 67.7 Å². The van der Waals surface area contributed by atoms with Crippen LogP contribution in [0.5, 0.6) is 0 Å². The highest BCUT2D eigenvalue weighted by Gasteiger charge is 2.36. The minimum Gasteiger partial charge on any atom is -0.343 e. The fourth-order valence-corrected chi connectivity index (χ4v) is 3.78. The van der Waals surface area contributed by atoms with Crippen molar-refractivity contribution in [3.05, 3.63) is 11.3 Å². The molecule has 1 fully saturated rings. The third kappa shape index (κ3) is 4.21. The van der Waals surface area contributed by atoms with Crippen LogP contribution in [0.4, 0.5) is 18.3 Å². The van der Waals surface area contributed by atoms with E-state index in [-0.39, 0.29) is 16.8 Å². The zero-order valence-electron chi connectivity index (χ0n) is 13.1. The number of alkyl halides is 3. The van der Waals surface area contributed by atoms with Gasteiger partial charge in [0.15, 0.2) is 5.16 Å². The van der Waals surface area contributed by atoms with Crippen LogP contribution in [-0.2, 0) is 18.0 Å². The smallest absolute Gasteiger partial charge is 0.343 e. The molecule has 0 aromatic carbocycles. The Labute approximate surface area is 149 Å². The summed E-state index contributed by atoms with van der Waals surface area (Å²) in [5, 5.41) is 14.4. The molecular weight excluding hydrogens is 379 g/mol. The Morgan fingerprint density at radius 3 is 2.52 bits per heavy atom. The van der Waals surface area contributed by atoms with E-state index in [2.05, 4.69) is 20.4 Å². The van der Waals surface area contributed by atoms with Gasteiger partial charge in [0.05, 0.1) is 5.75 Å². The number of aromatic nitrogens is 5. The van der Waals surface area contributed by atoms with Crippen molar-refractivity contribution >= 4 is 34.1 Å². The monoisotopic (exact) mass is 393 g/mol. The van der Waals surface area contributed by atoms with Crippen LogP contribution < -0.4 is 4.90 Å². The summed E-state index contributed by atoms with van der Waals surface area (Å²) in [7, 11) is 1.79. The van der Waals surface area contributed by atoms with Crippen molar-refractivity contribution in [1.29, 1.82) is 0 Å².